The van der Waals surface area contributed by atoms with Gasteiger partial charge in [0.2, 0.25) is 0 Å². The van der Waals surface area contributed by atoms with Crippen LogP contribution in [0.25, 0.3) is 0 Å². The molecule has 0 aliphatic heterocycles. The number of hydrogen-bond acceptors (Lipinski definition) is 3. The smallest absolute Gasteiger partial charge is 0.388 e. The molecule has 50 valence electrons. The molecule has 0 N–H and O–H groups in total. The van der Waals surface area contributed by atoms with Gasteiger partial charge in [0.25, 0.3) is 5.88 Å². The minimum Gasteiger partial charge on any atom is -0.414 e. The molecule has 3 nitrogen and oxygen atoms in total. The first-order valence-electron chi connectivity index (χ1n) is 2.14. The van der Waals surface area contributed by atoms with Crippen LogP contribution in [0.2, 0.25) is 0 Å². The third-order valence-electron chi connectivity index (χ3n) is 0.624. The molecule has 1 heterocycles. The maximum Gasteiger partial charge on any atom is 0.388 e. The number of halogens is 2. The molecule has 0 unspecified atom stereocenters. The van der Waals surface area contributed by atoms with E-state index in [-0.39, 0.29) is 5.88 Å². The quantitative estimate of drug-likeness (QED) is 0.612. The van der Waals surface area contributed by atoms with Gasteiger partial charge in [-0.15, -0.1) is 0 Å². The summed E-state index contributed by atoms with van der Waals surface area (Å²) in [6.07, 6.45) is 1.15. The van der Waals surface area contributed by atoms with Crippen molar-refractivity contribution in [2.45, 2.75) is 6.61 Å². The molecule has 0 aliphatic rings. The van der Waals surface area contributed by atoms with Gasteiger partial charge in [-0.1, -0.05) is 0 Å². The Hall–Kier alpha value is -1.13. The Morgan fingerprint density at radius 3 is 2.89 bits per heavy atom. The average molecular weight is 135 g/mol. The number of aromatic nitrogens is 1. The van der Waals surface area contributed by atoms with Crippen molar-refractivity contribution in [2.24, 2.45) is 0 Å². The topological polar surface area (TPSA) is 35.3 Å². The first-order chi connectivity index (χ1) is 4.29. The van der Waals surface area contributed by atoms with E-state index in [4.69, 9.17) is 0 Å². The number of ether oxygens (including phenoxy) is 1. The van der Waals surface area contributed by atoms with Crippen LogP contribution in [0.5, 0.6) is 5.88 Å². The predicted molar refractivity (Wildman–Crippen MR) is 23.1 cm³/mol. The summed E-state index contributed by atoms with van der Waals surface area (Å²) in [5, 5.41) is 3.08. The molecule has 0 radical (unpaired) electrons. The molecule has 1 aromatic rings. The van der Waals surface area contributed by atoms with Gasteiger partial charge in [0, 0.05) is 6.07 Å². The van der Waals surface area contributed by atoms with E-state index in [0.717, 1.165) is 6.26 Å². The molecule has 0 atom stereocenters. The summed E-state index contributed by atoms with van der Waals surface area (Å²) in [7, 11) is 0. The van der Waals surface area contributed by atoms with Crippen LogP contribution in [-0.4, -0.2) is 11.8 Å². The number of alkyl halides is 2. The molecule has 0 aromatic carbocycles. The molecule has 0 amide bonds. The lowest BCUT2D eigenvalue weighted by atomic mass is 10.7. The molecular formula is C4H3F2NO2. The highest BCUT2D eigenvalue weighted by atomic mass is 19.3. The zero-order chi connectivity index (χ0) is 6.69. The molecule has 9 heavy (non-hydrogen) atoms. The first kappa shape index (κ1) is 6.00. The van der Waals surface area contributed by atoms with Gasteiger partial charge >= 0.3 is 6.61 Å². The second-order valence-corrected chi connectivity index (χ2v) is 1.22. The summed E-state index contributed by atoms with van der Waals surface area (Å²) in [6.45, 7) is -2.84. The number of hydrogen-bond donors (Lipinski definition) is 0. The van der Waals surface area contributed by atoms with Gasteiger partial charge < -0.3 is 9.26 Å². The van der Waals surface area contributed by atoms with Crippen LogP contribution in [0.15, 0.2) is 16.9 Å². The molecule has 5 heteroatoms. The highest BCUT2D eigenvalue weighted by molar-refractivity contribution is 5.01. The van der Waals surface area contributed by atoms with E-state index < -0.39 is 6.61 Å². The van der Waals surface area contributed by atoms with Gasteiger partial charge in [0.05, 0.1) is 0 Å². The summed E-state index contributed by atoms with van der Waals surface area (Å²) >= 11 is 0. The fraction of sp³-hybridized carbons (Fsp3) is 0.250. The van der Waals surface area contributed by atoms with Crippen molar-refractivity contribution in [1.29, 1.82) is 0 Å². The molecule has 0 bridgehead atoms. The molecule has 1 aromatic heterocycles. The predicted octanol–water partition coefficient (Wildman–Crippen LogP) is 1.28. The van der Waals surface area contributed by atoms with Crippen LogP contribution in [0, 0.1) is 0 Å². The maximum atomic E-state index is 11.3. The molecule has 0 fully saturated rings. The Kier molecular flexibility index (Phi) is 1.62. The van der Waals surface area contributed by atoms with Crippen LogP contribution < -0.4 is 4.74 Å². The number of nitrogens with zero attached hydrogens (tertiary/aromatic N) is 1. The first-order valence-corrected chi connectivity index (χ1v) is 2.14. The van der Waals surface area contributed by atoms with E-state index in [0.29, 0.717) is 0 Å². The largest absolute Gasteiger partial charge is 0.414 e. The second kappa shape index (κ2) is 2.43. The fourth-order valence-electron chi connectivity index (χ4n) is 0.354. The Balaban J connectivity index is 2.48. The molecule has 0 spiro atoms. The summed E-state index contributed by atoms with van der Waals surface area (Å²) in [5.74, 6) is -0.204. The number of rotatable bonds is 2. The van der Waals surface area contributed by atoms with Crippen LogP contribution in [0.3, 0.4) is 0 Å². The highest BCUT2D eigenvalue weighted by Crippen LogP contribution is 2.07. The van der Waals surface area contributed by atoms with Crippen molar-refractivity contribution in [2.75, 3.05) is 0 Å². The fourth-order valence-corrected chi connectivity index (χ4v) is 0.354. The Morgan fingerprint density at radius 2 is 2.44 bits per heavy atom. The molecule has 0 aliphatic carbocycles. The third-order valence-corrected chi connectivity index (χ3v) is 0.624. The van der Waals surface area contributed by atoms with Crippen molar-refractivity contribution in [3.05, 3.63) is 12.3 Å². The standard InChI is InChI=1S/C4H3F2NO2/c5-4(6)9-3-1-2-8-7-3/h1-2,4H. The summed E-state index contributed by atoms with van der Waals surface area (Å²) in [4.78, 5) is 0. The van der Waals surface area contributed by atoms with Crippen molar-refractivity contribution < 1.29 is 18.0 Å². The van der Waals surface area contributed by atoms with Gasteiger partial charge in [0.1, 0.15) is 6.26 Å². The van der Waals surface area contributed by atoms with Crippen molar-refractivity contribution in [3.63, 3.8) is 0 Å². The Bertz CT molecular complexity index is 163. The highest BCUT2D eigenvalue weighted by Gasteiger charge is 2.04. The maximum absolute atomic E-state index is 11.3. The Morgan fingerprint density at radius 1 is 1.67 bits per heavy atom. The van der Waals surface area contributed by atoms with E-state index in [1.54, 1.807) is 0 Å². The van der Waals surface area contributed by atoms with E-state index in [1.807, 2.05) is 0 Å². The SMILES string of the molecule is FC(F)Oc1ccon1. The third kappa shape index (κ3) is 1.67. The van der Waals surface area contributed by atoms with Gasteiger partial charge in [-0.05, 0) is 5.16 Å². The lowest BCUT2D eigenvalue weighted by Crippen LogP contribution is -2.01. The minimum atomic E-state index is -2.84. The zero-order valence-corrected chi connectivity index (χ0v) is 4.25. The molecular weight excluding hydrogens is 132 g/mol. The summed E-state index contributed by atoms with van der Waals surface area (Å²) < 4.78 is 30.6. The van der Waals surface area contributed by atoms with Crippen molar-refractivity contribution in [3.8, 4) is 5.88 Å². The van der Waals surface area contributed by atoms with Crippen LogP contribution in [0.4, 0.5) is 8.78 Å². The van der Waals surface area contributed by atoms with E-state index in [9.17, 15) is 8.78 Å². The van der Waals surface area contributed by atoms with E-state index in [2.05, 4.69) is 14.4 Å². The van der Waals surface area contributed by atoms with E-state index in [1.165, 1.54) is 6.07 Å². The normalized spacial score (nSPS) is 10.1. The van der Waals surface area contributed by atoms with Crippen molar-refractivity contribution >= 4 is 0 Å². The average Bonchev–Trinajstić information content (AvgIpc) is 2.15. The van der Waals surface area contributed by atoms with Gasteiger partial charge in [-0.2, -0.15) is 8.78 Å². The molecule has 0 saturated carbocycles. The Labute approximate surface area is 49.2 Å². The summed E-state index contributed by atoms with van der Waals surface area (Å²) in [6, 6.07) is 1.20. The zero-order valence-electron chi connectivity index (χ0n) is 4.25. The monoisotopic (exact) mass is 135 g/mol. The van der Waals surface area contributed by atoms with Crippen LogP contribution >= 0.6 is 0 Å². The molecule has 0 saturated heterocycles. The van der Waals surface area contributed by atoms with Crippen LogP contribution in [-0.2, 0) is 0 Å². The van der Waals surface area contributed by atoms with Gasteiger partial charge in [0.15, 0.2) is 0 Å². The lowest BCUT2D eigenvalue weighted by molar-refractivity contribution is -0.0545. The van der Waals surface area contributed by atoms with Crippen LogP contribution in [0.1, 0.15) is 0 Å². The second-order valence-electron chi connectivity index (χ2n) is 1.22. The van der Waals surface area contributed by atoms with Crippen molar-refractivity contribution in [1.82, 2.24) is 5.16 Å². The summed E-state index contributed by atoms with van der Waals surface area (Å²) in [5.41, 5.74) is 0. The van der Waals surface area contributed by atoms with Gasteiger partial charge in [-0.3, -0.25) is 0 Å². The van der Waals surface area contributed by atoms with E-state index >= 15 is 0 Å². The lowest BCUT2D eigenvalue weighted by Gasteiger charge is -1.95. The minimum absolute atomic E-state index is 0.204. The molecule has 1 rings (SSSR count). The van der Waals surface area contributed by atoms with Gasteiger partial charge in [-0.25, -0.2) is 0 Å².